The first-order valence-corrected chi connectivity index (χ1v) is 10.2. The number of esters is 1. The molecule has 0 aromatic heterocycles. The molecule has 0 atom stereocenters. The Morgan fingerprint density at radius 1 is 0.929 bits per heavy atom. The molecule has 1 fully saturated rings. The van der Waals surface area contributed by atoms with Gasteiger partial charge in [0.2, 0.25) is 0 Å². The Kier molecular flexibility index (Phi) is 6.80. The number of hydrogen-bond acceptors (Lipinski definition) is 3. The van der Waals surface area contributed by atoms with Crippen molar-refractivity contribution < 1.29 is 14.3 Å². The van der Waals surface area contributed by atoms with Crippen molar-refractivity contribution in [1.29, 1.82) is 0 Å². The molecular formula is C25H28O3. The maximum atomic E-state index is 12.4. The number of hydrogen-bond donors (Lipinski definition) is 0. The quantitative estimate of drug-likeness (QED) is 0.261. The Hall–Kier alpha value is -2.68. The largest absolute Gasteiger partial charge is 0.426 e. The molecule has 3 rings (SSSR count). The van der Waals surface area contributed by atoms with E-state index < -0.39 is 0 Å². The molecular weight excluding hydrogens is 348 g/mol. The summed E-state index contributed by atoms with van der Waals surface area (Å²) in [6.07, 6.45) is 8.63. The normalized spacial score (nSPS) is 15.1. The predicted octanol–water partition coefficient (Wildman–Crippen LogP) is 6.19. The molecule has 2 aromatic carbocycles. The van der Waals surface area contributed by atoms with Crippen molar-refractivity contribution in [3.8, 4) is 5.75 Å². The highest BCUT2D eigenvalue weighted by Gasteiger charge is 2.22. The molecule has 0 unspecified atom stereocenters. The first-order valence-electron chi connectivity index (χ1n) is 10.2. The Morgan fingerprint density at radius 2 is 1.57 bits per heavy atom. The van der Waals surface area contributed by atoms with Crippen LogP contribution in [0.1, 0.15) is 73.4 Å². The third-order valence-electron chi connectivity index (χ3n) is 5.33. The molecule has 1 aliphatic rings. The van der Waals surface area contributed by atoms with Crippen molar-refractivity contribution >= 4 is 17.8 Å². The van der Waals surface area contributed by atoms with Gasteiger partial charge in [-0.2, -0.15) is 0 Å². The molecule has 0 spiro atoms. The summed E-state index contributed by atoms with van der Waals surface area (Å²) in [7, 11) is 0. The highest BCUT2D eigenvalue weighted by Crippen LogP contribution is 2.26. The van der Waals surface area contributed by atoms with Crippen LogP contribution in [0.5, 0.6) is 5.75 Å². The van der Waals surface area contributed by atoms with Crippen LogP contribution in [0.3, 0.4) is 0 Å². The molecule has 0 bridgehead atoms. The zero-order valence-corrected chi connectivity index (χ0v) is 16.7. The summed E-state index contributed by atoms with van der Waals surface area (Å²) in [5.41, 5.74) is 2.85. The molecule has 3 nitrogen and oxygen atoms in total. The molecule has 0 amide bonds. The molecule has 1 saturated carbocycles. The third kappa shape index (κ3) is 5.41. The van der Waals surface area contributed by atoms with E-state index in [9.17, 15) is 9.59 Å². The maximum absolute atomic E-state index is 12.4. The minimum Gasteiger partial charge on any atom is -0.426 e. The molecule has 2 aromatic rings. The molecule has 146 valence electrons. The zero-order chi connectivity index (χ0) is 19.9. The van der Waals surface area contributed by atoms with Gasteiger partial charge >= 0.3 is 5.97 Å². The first-order chi connectivity index (χ1) is 13.5. The van der Waals surface area contributed by atoms with Crippen LogP contribution in [-0.2, 0) is 4.79 Å². The number of carbonyl (C=O) groups excluding carboxylic acids is 2. The highest BCUT2D eigenvalue weighted by atomic mass is 16.5. The van der Waals surface area contributed by atoms with E-state index >= 15 is 0 Å². The first kappa shape index (κ1) is 20.1. The average Bonchev–Trinajstić information content (AvgIpc) is 2.73. The minimum absolute atomic E-state index is 0.0140. The average molecular weight is 376 g/mol. The van der Waals surface area contributed by atoms with Gasteiger partial charge in [0.05, 0.1) is 5.92 Å². The van der Waals surface area contributed by atoms with Crippen molar-refractivity contribution in [3.05, 3.63) is 71.3 Å². The smallest absolute Gasteiger partial charge is 0.314 e. The topological polar surface area (TPSA) is 43.4 Å². The molecule has 0 aliphatic heterocycles. The maximum Gasteiger partial charge on any atom is 0.314 e. The van der Waals surface area contributed by atoms with E-state index in [0.717, 1.165) is 31.2 Å². The van der Waals surface area contributed by atoms with E-state index in [2.05, 4.69) is 26.0 Å². The summed E-state index contributed by atoms with van der Waals surface area (Å²) in [6.45, 7) is 4.31. The number of ether oxygens (including phenoxy) is 1. The van der Waals surface area contributed by atoms with E-state index in [1.807, 2.05) is 18.2 Å². The molecule has 3 heteroatoms. The summed E-state index contributed by atoms with van der Waals surface area (Å²) in [6, 6.07) is 15.0. The Morgan fingerprint density at radius 3 is 2.18 bits per heavy atom. The number of carbonyl (C=O) groups is 2. The van der Waals surface area contributed by atoms with Crippen LogP contribution in [0, 0.1) is 5.92 Å². The van der Waals surface area contributed by atoms with Gasteiger partial charge in [-0.05, 0) is 60.2 Å². The lowest BCUT2D eigenvalue weighted by Gasteiger charge is -2.19. The van der Waals surface area contributed by atoms with Crippen LogP contribution in [0.4, 0.5) is 0 Å². The van der Waals surface area contributed by atoms with Gasteiger partial charge in [-0.25, -0.2) is 0 Å². The second-order valence-corrected chi connectivity index (χ2v) is 7.80. The van der Waals surface area contributed by atoms with Crippen LogP contribution in [0.2, 0.25) is 0 Å². The van der Waals surface area contributed by atoms with Crippen LogP contribution in [0.15, 0.2) is 54.6 Å². The van der Waals surface area contributed by atoms with Gasteiger partial charge in [-0.15, -0.1) is 0 Å². The lowest BCUT2D eigenvalue weighted by atomic mass is 9.89. The Balaban J connectivity index is 1.57. The second-order valence-electron chi connectivity index (χ2n) is 7.80. The summed E-state index contributed by atoms with van der Waals surface area (Å²) < 4.78 is 5.48. The fraction of sp³-hybridized carbons (Fsp3) is 0.360. The number of benzene rings is 2. The minimum atomic E-state index is -0.150. The number of rotatable bonds is 6. The third-order valence-corrected chi connectivity index (χ3v) is 5.33. The van der Waals surface area contributed by atoms with Crippen molar-refractivity contribution in [2.75, 3.05) is 0 Å². The van der Waals surface area contributed by atoms with Crippen LogP contribution < -0.4 is 4.74 Å². The van der Waals surface area contributed by atoms with Gasteiger partial charge in [0, 0.05) is 5.56 Å². The van der Waals surface area contributed by atoms with Crippen molar-refractivity contribution in [1.82, 2.24) is 0 Å². The van der Waals surface area contributed by atoms with Gasteiger partial charge < -0.3 is 4.74 Å². The molecule has 0 radical (unpaired) electrons. The van der Waals surface area contributed by atoms with Gasteiger partial charge in [0.25, 0.3) is 0 Å². The monoisotopic (exact) mass is 376 g/mol. The lowest BCUT2D eigenvalue weighted by Crippen LogP contribution is -2.22. The van der Waals surface area contributed by atoms with Crippen molar-refractivity contribution in [2.45, 2.75) is 51.9 Å². The van der Waals surface area contributed by atoms with Crippen LogP contribution in [-0.4, -0.2) is 11.8 Å². The Bertz CT molecular complexity index is 823. The Labute approximate surface area is 167 Å². The van der Waals surface area contributed by atoms with Gasteiger partial charge in [0.1, 0.15) is 5.75 Å². The lowest BCUT2D eigenvalue weighted by molar-refractivity contribution is -0.139. The predicted molar refractivity (Wildman–Crippen MR) is 113 cm³/mol. The number of ketones is 1. The molecule has 1 aliphatic carbocycles. The van der Waals surface area contributed by atoms with Gasteiger partial charge in [0.15, 0.2) is 5.78 Å². The van der Waals surface area contributed by atoms with Crippen molar-refractivity contribution in [2.24, 2.45) is 5.92 Å². The molecule has 0 saturated heterocycles. The second kappa shape index (κ2) is 9.50. The summed E-state index contributed by atoms with van der Waals surface area (Å²) in [4.78, 5) is 24.6. The fourth-order valence-electron chi connectivity index (χ4n) is 3.49. The molecule has 0 heterocycles. The summed E-state index contributed by atoms with van der Waals surface area (Å²) >= 11 is 0. The van der Waals surface area contributed by atoms with Gasteiger partial charge in [-0.1, -0.05) is 63.5 Å². The SMILES string of the molecule is CC(C)c1ccc(C=CC(=O)c2ccc(OC(=O)C3CCCCC3)cc2)cc1. The van der Waals surface area contributed by atoms with E-state index in [0.29, 0.717) is 17.2 Å². The zero-order valence-electron chi connectivity index (χ0n) is 16.7. The highest BCUT2D eigenvalue weighted by molar-refractivity contribution is 6.06. The summed E-state index contributed by atoms with van der Waals surface area (Å²) in [5, 5.41) is 0. The van der Waals surface area contributed by atoms with E-state index in [-0.39, 0.29) is 17.7 Å². The molecule has 0 N–H and O–H groups in total. The molecule has 28 heavy (non-hydrogen) atoms. The van der Waals surface area contributed by atoms with E-state index in [1.165, 1.54) is 12.0 Å². The fourth-order valence-corrected chi connectivity index (χ4v) is 3.49. The number of allylic oxidation sites excluding steroid dienone is 1. The van der Waals surface area contributed by atoms with Crippen molar-refractivity contribution in [3.63, 3.8) is 0 Å². The van der Waals surface area contributed by atoms with Crippen LogP contribution in [0.25, 0.3) is 6.08 Å². The van der Waals surface area contributed by atoms with E-state index in [4.69, 9.17) is 4.74 Å². The van der Waals surface area contributed by atoms with Gasteiger partial charge in [-0.3, -0.25) is 9.59 Å². The van der Waals surface area contributed by atoms with Crippen LogP contribution >= 0.6 is 0 Å². The van der Waals surface area contributed by atoms with E-state index in [1.54, 1.807) is 30.3 Å². The summed E-state index contributed by atoms with van der Waals surface area (Å²) in [5.74, 6) is 0.785. The standard InChI is InChI=1S/C25H28O3/c1-18(2)20-11-8-19(9-12-20)10-17-24(26)21-13-15-23(16-14-21)28-25(27)22-6-4-3-5-7-22/h8-18,22H,3-7H2,1-2H3.